The van der Waals surface area contributed by atoms with Crippen LogP contribution in [0.15, 0.2) is 133 Å². The molecule has 12 rings (SSSR count). The molecule has 0 spiro atoms. The maximum atomic E-state index is 13.5. The molecule has 0 radical (unpaired) electrons. The Hall–Kier alpha value is -6.05. The number of nitrogens with two attached hydrogens (primary N) is 1. The predicted molar refractivity (Wildman–Crippen MR) is 364 cm³/mol. The number of carbonyl (C=O) groups is 8. The third kappa shape index (κ3) is 29.0. The fraction of sp³-hybridized carbons (Fsp3) is 0.302. The third-order valence-corrected chi connectivity index (χ3v) is 16.1. The van der Waals surface area contributed by atoms with E-state index in [2.05, 4.69) is 9.50 Å². The third-order valence-electron chi connectivity index (χ3n) is 12.7. The normalized spacial score (nSPS) is 17.6. The van der Waals surface area contributed by atoms with Gasteiger partial charge in [-0.25, -0.2) is 39.4 Å². The van der Waals surface area contributed by atoms with Crippen LogP contribution in [-0.4, -0.2) is 153 Å². The summed E-state index contributed by atoms with van der Waals surface area (Å²) in [5.41, 5.74) is 8.71. The molecule has 7 amide bonds. The van der Waals surface area contributed by atoms with E-state index in [0.29, 0.717) is 66.9 Å². The Morgan fingerprint density at radius 2 is 1.04 bits per heavy atom. The minimum atomic E-state index is -3.59. The number of epoxide rings is 1. The Bertz CT molecular complexity index is 3710. The number of hydrogen-bond donors (Lipinski definition) is 3. The van der Waals surface area contributed by atoms with E-state index in [1.807, 2.05) is 65.1 Å². The Balaban J connectivity index is 0.000000240. The number of esters is 1. The molecule has 6 aliphatic heterocycles. The maximum Gasteiger partial charge on any atom is 1.00 e. The number of hydrogen-bond acceptors (Lipinski definition) is 19. The van der Waals surface area contributed by atoms with Gasteiger partial charge in [-0.15, -0.1) is 0 Å². The maximum absolute atomic E-state index is 13.5. The molecule has 24 nitrogen and oxygen atoms in total. The minimum absolute atomic E-state index is 0. The number of aryl methyl sites for hydroxylation is 1. The molecule has 0 bridgehead atoms. The van der Waals surface area contributed by atoms with Crippen molar-refractivity contribution in [3.05, 3.63) is 192 Å². The van der Waals surface area contributed by atoms with Gasteiger partial charge in [-0.3, -0.25) is 33.3 Å². The number of ether oxygens (including phenoxy) is 5. The molecular formula is C63H63F5I3KN6O18S. The molecule has 6 heterocycles. The molecule has 0 saturated carbocycles. The van der Waals surface area contributed by atoms with Crippen molar-refractivity contribution in [3.8, 4) is 0 Å². The molecule has 4 N–H and O–H groups in total. The van der Waals surface area contributed by atoms with Crippen molar-refractivity contribution in [1.29, 1.82) is 0 Å². The number of imide groups is 2. The number of amides is 7. The second kappa shape index (κ2) is 41.5. The summed E-state index contributed by atoms with van der Waals surface area (Å²) in [6.45, 7) is 4.90. The quantitative estimate of drug-likeness (QED) is 0.0101. The molecule has 5 saturated heterocycles. The number of anilines is 4. The van der Waals surface area contributed by atoms with Gasteiger partial charge in [0.1, 0.15) is 66.7 Å². The van der Waals surface area contributed by atoms with Crippen molar-refractivity contribution in [2.75, 3.05) is 79.4 Å². The Morgan fingerprint density at radius 3 is 1.39 bits per heavy atom. The standard InChI is InChI=1S/C11H11FINO5S.C10H9FINO3.C10H10FNO3.C8H5NO2.C7H7F.C7H12O3.C6H6FN.C4H4INO2.K/c1-20(16,17)18-6-8-5-14(11(15)19-8)7-2-3-10(13)9(12)4-7;11-8-3-6(1-2-9(8)12)13-4-7(5-14)16-10(13)15;11-7-2-1-3-8(4-7)12-5-9(6-13)15-10(12)14;10-7-5-3-1-2-4-6(5)8(11)9-7;1-6-3-2-4-7(8)5-6;1-2-3-7(8)10-5-6-4-9-6;7-5-2-1-3-6(8)4-5;5-6-3(7)1-2-4(6)8;/h2-4,8H,5-6H2,1H3;1-3,7,14H,4-5H2;1-4,9,13H,5-6H2;1-4H,(H,9,10,11);2-5H,1H3;6H,2-5H2,1H3;1-4H,8H2;1-2H2;/q;;;;;;;;+1/p-1/t8-;7-;9-;;;6-;;;/m111..1.../s1. The first-order chi connectivity index (χ1) is 45.5. The van der Waals surface area contributed by atoms with Crippen LogP contribution in [0.3, 0.4) is 0 Å². The fourth-order valence-electron chi connectivity index (χ4n) is 7.98. The monoisotopic (exact) mass is 1740 g/mol. The number of halogens is 8. The van der Waals surface area contributed by atoms with Crippen molar-refractivity contribution < 1.29 is 158 Å². The number of cyclic esters (lactones) is 3. The summed E-state index contributed by atoms with van der Waals surface area (Å²) in [5, 5.41) is 21.0. The van der Waals surface area contributed by atoms with Crippen LogP contribution in [0.2, 0.25) is 0 Å². The zero-order valence-electron chi connectivity index (χ0n) is 52.2. The van der Waals surface area contributed by atoms with Gasteiger partial charge >= 0.3 is 75.6 Å². The number of nitrogen functional groups attached to an aromatic ring is 1. The summed E-state index contributed by atoms with van der Waals surface area (Å²) >= 11 is 5.43. The number of aliphatic hydroxyl groups is 2. The molecule has 6 aromatic rings. The number of rotatable bonds is 12. The van der Waals surface area contributed by atoms with E-state index < -0.39 is 70.2 Å². The van der Waals surface area contributed by atoms with Gasteiger partial charge in [0, 0.05) is 43.2 Å². The first-order valence-electron chi connectivity index (χ1n) is 28.6. The van der Waals surface area contributed by atoms with E-state index >= 15 is 0 Å². The SMILES string of the molecule is CCCC(=O)OC[C@H]1CO1.CS(=O)(=O)OC[C@H]1CN(c2ccc(I)c(F)c2)C(=O)O1.Cc1cccc(F)c1.Nc1cccc(F)c1.O=C1CCC(=O)N1I.O=C1O[C@@H](CO)CN1c1ccc(I)c(F)c1.O=C1O[C@@H](CO)CN1c1cccc(F)c1.O=C1[N-]C(=O)c2ccccc21.[K+]. The van der Waals surface area contributed by atoms with Crippen molar-refractivity contribution >= 4 is 149 Å². The summed E-state index contributed by atoms with van der Waals surface area (Å²) < 4.78 is 117. The average molecular weight is 1740 g/mol. The van der Waals surface area contributed by atoms with Gasteiger partial charge in [0.25, 0.3) is 10.1 Å². The smallest absolute Gasteiger partial charge is 0.587 e. The summed E-state index contributed by atoms with van der Waals surface area (Å²) in [4.78, 5) is 91.7. The molecule has 0 aliphatic carbocycles. The van der Waals surface area contributed by atoms with Gasteiger partial charge in [0.15, 0.2) is 0 Å². The van der Waals surface area contributed by atoms with Crippen LogP contribution in [-0.2, 0) is 52.4 Å². The second-order valence-corrected chi connectivity index (χ2v) is 25.4. The van der Waals surface area contributed by atoms with Gasteiger partial charge in [-0.2, -0.15) is 8.42 Å². The van der Waals surface area contributed by atoms with Gasteiger partial charge in [0.05, 0.1) is 97.5 Å². The number of nitrogens with zero attached hydrogens (tertiary/aromatic N) is 5. The first-order valence-corrected chi connectivity index (χ1v) is 33.5. The van der Waals surface area contributed by atoms with E-state index in [9.17, 15) is 68.7 Å². The van der Waals surface area contributed by atoms with Crippen LogP contribution in [0.4, 0.5) is 59.1 Å². The van der Waals surface area contributed by atoms with E-state index in [1.165, 1.54) is 69.3 Å². The zero-order valence-corrected chi connectivity index (χ0v) is 62.6. The Labute approximate surface area is 638 Å². The predicted octanol–water partition coefficient (Wildman–Crippen LogP) is 7.74. The van der Waals surface area contributed by atoms with Gasteiger partial charge in [-0.1, -0.05) is 55.5 Å². The molecule has 0 unspecified atom stereocenters. The first kappa shape index (κ1) is 83.4. The van der Waals surface area contributed by atoms with E-state index in [-0.39, 0.29) is 132 Å². The van der Waals surface area contributed by atoms with Crippen molar-refractivity contribution in [2.24, 2.45) is 0 Å². The fourth-order valence-corrected chi connectivity index (χ4v) is 9.53. The van der Waals surface area contributed by atoms with Crippen LogP contribution in [0.1, 0.15) is 58.9 Å². The molecule has 6 aromatic carbocycles. The topological polar surface area (TPSA) is 323 Å². The van der Waals surface area contributed by atoms with Gasteiger partial charge < -0.3 is 54.5 Å². The van der Waals surface area contributed by atoms with Crippen molar-refractivity contribution in [2.45, 2.75) is 63.9 Å². The molecule has 97 heavy (non-hydrogen) atoms. The van der Waals surface area contributed by atoms with Crippen LogP contribution < -0.4 is 71.8 Å². The molecule has 0 aromatic heterocycles. The van der Waals surface area contributed by atoms with E-state index in [4.69, 9.17) is 39.6 Å². The summed E-state index contributed by atoms with van der Waals surface area (Å²) in [6, 6.07) is 33.5. The Kier molecular flexibility index (Phi) is 35.7. The van der Waals surface area contributed by atoms with Crippen LogP contribution in [0.25, 0.3) is 5.32 Å². The minimum Gasteiger partial charge on any atom is -0.587 e. The molecule has 6 aliphatic rings. The number of aliphatic hydroxyl groups excluding tert-OH is 2. The van der Waals surface area contributed by atoms with Crippen LogP contribution in [0.5, 0.6) is 0 Å². The van der Waals surface area contributed by atoms with Crippen molar-refractivity contribution in [1.82, 2.24) is 3.11 Å². The summed E-state index contributed by atoms with van der Waals surface area (Å²) in [7, 11) is -3.59. The zero-order chi connectivity index (χ0) is 70.8. The molecule has 5 fully saturated rings. The van der Waals surface area contributed by atoms with Crippen LogP contribution >= 0.6 is 68.0 Å². The van der Waals surface area contributed by atoms with Gasteiger partial charge in [0.2, 0.25) is 11.8 Å². The average Bonchev–Trinajstić information content (AvgIpc) is 1.79. The molecule has 4 atom stereocenters. The van der Waals surface area contributed by atoms with Crippen LogP contribution in [0, 0.1) is 43.2 Å². The molecule has 34 heteroatoms. The molecule has 516 valence electrons. The second-order valence-electron chi connectivity index (χ2n) is 20.5. The van der Waals surface area contributed by atoms with Crippen molar-refractivity contribution in [3.63, 3.8) is 0 Å². The number of fused-ring (bicyclic) bond motifs is 1. The summed E-state index contributed by atoms with van der Waals surface area (Å²) in [6.07, 6.45) is -0.278. The number of benzene rings is 6. The summed E-state index contributed by atoms with van der Waals surface area (Å²) in [5.74, 6) is -2.78. The van der Waals surface area contributed by atoms with E-state index in [0.717, 1.165) is 28.0 Å². The van der Waals surface area contributed by atoms with Gasteiger partial charge in [-0.05, 0) is 149 Å². The Morgan fingerprint density at radius 1 is 0.608 bits per heavy atom. The number of carbonyl (C=O) groups excluding carboxylic acids is 8. The molecular weight excluding hydrogens is 1680 g/mol. The van der Waals surface area contributed by atoms with E-state index in [1.54, 1.807) is 95.7 Å². The largest absolute Gasteiger partial charge is 1.00 e.